The molecule has 92 valence electrons. The molecule has 0 N–H and O–H groups in total. The van der Waals surface area contributed by atoms with Crippen LogP contribution in [0.2, 0.25) is 0 Å². The number of rotatable bonds is 6. The number of esters is 2. The molecule has 0 aromatic carbocycles. The van der Waals surface area contributed by atoms with Crippen molar-refractivity contribution in [3.63, 3.8) is 0 Å². The lowest BCUT2D eigenvalue weighted by atomic mass is 9.66. The zero-order valence-electron chi connectivity index (χ0n) is 10.1. The molecule has 0 heterocycles. The minimum atomic E-state index is -0.400. The van der Waals surface area contributed by atoms with Gasteiger partial charge in [-0.1, -0.05) is 6.42 Å². The Hall–Kier alpha value is -1.06. The summed E-state index contributed by atoms with van der Waals surface area (Å²) in [4.78, 5) is 23.0. The zero-order chi connectivity index (χ0) is 12.0. The van der Waals surface area contributed by atoms with Gasteiger partial charge in [0.2, 0.25) is 0 Å². The second-order valence-electron chi connectivity index (χ2n) is 4.16. The van der Waals surface area contributed by atoms with E-state index in [4.69, 9.17) is 9.47 Å². The molecule has 0 aromatic heterocycles. The summed E-state index contributed by atoms with van der Waals surface area (Å²) in [5.41, 5.74) is -0.400. The fraction of sp³-hybridized carbons (Fsp3) is 0.833. The van der Waals surface area contributed by atoms with Crippen LogP contribution in [0.25, 0.3) is 0 Å². The molecule has 1 rings (SSSR count). The molecule has 1 aliphatic rings. The third-order valence-electron chi connectivity index (χ3n) is 3.13. The molecule has 1 fully saturated rings. The van der Waals surface area contributed by atoms with Gasteiger partial charge < -0.3 is 9.47 Å². The Labute approximate surface area is 96.3 Å². The Bertz CT molecular complexity index is 256. The van der Waals surface area contributed by atoms with Crippen molar-refractivity contribution >= 4 is 11.9 Å². The van der Waals surface area contributed by atoms with Crippen LogP contribution in [0.3, 0.4) is 0 Å². The Balaban J connectivity index is 2.41. The minimum Gasteiger partial charge on any atom is -0.466 e. The maximum Gasteiger partial charge on any atom is 0.312 e. The van der Waals surface area contributed by atoms with Crippen molar-refractivity contribution in [1.29, 1.82) is 0 Å². The predicted molar refractivity (Wildman–Crippen MR) is 58.8 cm³/mol. The molecular formula is C12H20O4. The van der Waals surface area contributed by atoms with Gasteiger partial charge in [0.15, 0.2) is 0 Å². The van der Waals surface area contributed by atoms with E-state index in [1.807, 2.05) is 0 Å². The first-order chi connectivity index (χ1) is 7.64. The van der Waals surface area contributed by atoms with Crippen LogP contribution in [0.5, 0.6) is 0 Å². The van der Waals surface area contributed by atoms with Gasteiger partial charge in [0.1, 0.15) is 0 Å². The molecular weight excluding hydrogens is 208 g/mol. The topological polar surface area (TPSA) is 52.6 Å². The lowest BCUT2D eigenvalue weighted by Gasteiger charge is -2.38. The first-order valence-corrected chi connectivity index (χ1v) is 5.97. The van der Waals surface area contributed by atoms with Crippen molar-refractivity contribution in [3.8, 4) is 0 Å². The second kappa shape index (κ2) is 5.87. The van der Waals surface area contributed by atoms with Gasteiger partial charge in [0.25, 0.3) is 0 Å². The van der Waals surface area contributed by atoms with E-state index >= 15 is 0 Å². The molecule has 0 spiro atoms. The lowest BCUT2D eigenvalue weighted by Crippen LogP contribution is -2.40. The van der Waals surface area contributed by atoms with Crippen LogP contribution >= 0.6 is 0 Å². The Morgan fingerprint density at radius 3 is 2.19 bits per heavy atom. The van der Waals surface area contributed by atoms with Crippen molar-refractivity contribution in [1.82, 2.24) is 0 Å². The summed E-state index contributed by atoms with van der Waals surface area (Å²) >= 11 is 0. The summed E-state index contributed by atoms with van der Waals surface area (Å²) in [6.45, 7) is 4.38. The number of hydrogen-bond acceptors (Lipinski definition) is 4. The fourth-order valence-electron chi connectivity index (χ4n) is 2.02. The van der Waals surface area contributed by atoms with Gasteiger partial charge in [-0.15, -0.1) is 0 Å². The number of hydrogen-bond donors (Lipinski definition) is 0. The van der Waals surface area contributed by atoms with Crippen molar-refractivity contribution < 1.29 is 19.1 Å². The normalized spacial score (nSPS) is 17.4. The molecule has 0 unspecified atom stereocenters. The average molecular weight is 228 g/mol. The summed E-state index contributed by atoms with van der Waals surface area (Å²) in [7, 11) is 0. The van der Waals surface area contributed by atoms with Crippen LogP contribution in [0, 0.1) is 5.41 Å². The van der Waals surface area contributed by atoms with E-state index in [-0.39, 0.29) is 11.9 Å². The fourth-order valence-corrected chi connectivity index (χ4v) is 2.02. The van der Waals surface area contributed by atoms with Crippen LogP contribution < -0.4 is 0 Å². The lowest BCUT2D eigenvalue weighted by molar-refractivity contribution is -0.162. The molecule has 4 nitrogen and oxygen atoms in total. The van der Waals surface area contributed by atoms with Gasteiger partial charge in [-0.05, 0) is 33.1 Å². The van der Waals surface area contributed by atoms with E-state index in [0.717, 1.165) is 19.3 Å². The van der Waals surface area contributed by atoms with E-state index in [1.165, 1.54) is 0 Å². The van der Waals surface area contributed by atoms with Crippen molar-refractivity contribution in [2.75, 3.05) is 13.2 Å². The molecule has 1 aliphatic carbocycles. The number of ether oxygens (including phenoxy) is 2. The SMILES string of the molecule is CCOC(=O)CCC1(C(=O)OCC)CCC1. The molecule has 16 heavy (non-hydrogen) atoms. The van der Waals surface area contributed by atoms with Crippen LogP contribution in [-0.4, -0.2) is 25.2 Å². The summed E-state index contributed by atoms with van der Waals surface area (Å²) in [5, 5.41) is 0. The first-order valence-electron chi connectivity index (χ1n) is 5.97. The monoisotopic (exact) mass is 228 g/mol. The molecule has 4 heteroatoms. The van der Waals surface area contributed by atoms with E-state index in [2.05, 4.69) is 0 Å². The van der Waals surface area contributed by atoms with Crippen molar-refractivity contribution in [3.05, 3.63) is 0 Å². The third kappa shape index (κ3) is 2.97. The molecule has 0 atom stereocenters. The molecule has 0 amide bonds. The summed E-state index contributed by atoms with van der Waals surface area (Å²) in [5.74, 6) is -0.372. The Kier molecular flexibility index (Phi) is 4.77. The van der Waals surface area contributed by atoms with Crippen LogP contribution in [-0.2, 0) is 19.1 Å². The summed E-state index contributed by atoms with van der Waals surface area (Å²) in [6, 6.07) is 0. The number of carbonyl (C=O) groups excluding carboxylic acids is 2. The van der Waals surface area contributed by atoms with Gasteiger partial charge in [-0.2, -0.15) is 0 Å². The van der Waals surface area contributed by atoms with Crippen molar-refractivity contribution in [2.24, 2.45) is 5.41 Å². The largest absolute Gasteiger partial charge is 0.466 e. The van der Waals surface area contributed by atoms with Gasteiger partial charge >= 0.3 is 11.9 Å². The van der Waals surface area contributed by atoms with Crippen molar-refractivity contribution in [2.45, 2.75) is 46.0 Å². The smallest absolute Gasteiger partial charge is 0.312 e. The van der Waals surface area contributed by atoms with Crippen LogP contribution in [0.4, 0.5) is 0 Å². The summed E-state index contributed by atoms with van der Waals surface area (Å²) in [6.07, 6.45) is 3.59. The second-order valence-corrected chi connectivity index (χ2v) is 4.16. The van der Waals surface area contributed by atoms with E-state index in [9.17, 15) is 9.59 Å². The molecule has 0 saturated heterocycles. The highest BCUT2D eigenvalue weighted by atomic mass is 16.5. The molecule has 0 aliphatic heterocycles. The van der Waals surface area contributed by atoms with Gasteiger partial charge in [-0.3, -0.25) is 9.59 Å². The van der Waals surface area contributed by atoms with Crippen LogP contribution in [0.15, 0.2) is 0 Å². The standard InChI is InChI=1S/C12H20O4/c1-3-15-10(13)6-9-12(7-5-8-12)11(14)16-4-2/h3-9H2,1-2H3. The maximum atomic E-state index is 11.7. The third-order valence-corrected chi connectivity index (χ3v) is 3.13. The van der Waals surface area contributed by atoms with Gasteiger partial charge in [-0.25, -0.2) is 0 Å². The van der Waals surface area contributed by atoms with E-state index in [0.29, 0.717) is 26.1 Å². The highest BCUT2D eigenvalue weighted by Crippen LogP contribution is 2.45. The first kappa shape index (κ1) is 13.0. The molecule has 0 bridgehead atoms. The number of carbonyl (C=O) groups is 2. The predicted octanol–water partition coefficient (Wildman–Crippen LogP) is 2.06. The van der Waals surface area contributed by atoms with E-state index in [1.54, 1.807) is 13.8 Å². The molecule has 0 radical (unpaired) electrons. The molecule has 0 aromatic rings. The zero-order valence-corrected chi connectivity index (χ0v) is 10.1. The maximum absolute atomic E-state index is 11.7. The van der Waals surface area contributed by atoms with Gasteiger partial charge in [0.05, 0.1) is 18.6 Å². The Morgan fingerprint density at radius 2 is 1.75 bits per heavy atom. The Morgan fingerprint density at radius 1 is 1.12 bits per heavy atom. The highest BCUT2D eigenvalue weighted by Gasteiger charge is 2.45. The van der Waals surface area contributed by atoms with E-state index < -0.39 is 5.41 Å². The summed E-state index contributed by atoms with van der Waals surface area (Å²) < 4.78 is 9.90. The highest BCUT2D eigenvalue weighted by molar-refractivity contribution is 5.79. The quantitative estimate of drug-likeness (QED) is 0.653. The average Bonchev–Trinajstić information content (AvgIpc) is 2.17. The minimum absolute atomic E-state index is 0.148. The van der Waals surface area contributed by atoms with Gasteiger partial charge in [0, 0.05) is 6.42 Å². The van der Waals surface area contributed by atoms with Crippen LogP contribution in [0.1, 0.15) is 46.0 Å². The molecule has 1 saturated carbocycles.